The van der Waals surface area contributed by atoms with Gasteiger partial charge in [0.1, 0.15) is 6.61 Å². The highest BCUT2D eigenvalue weighted by Crippen LogP contribution is 2.40. The largest absolute Gasteiger partial charge is 0.445 e. The number of rotatable bonds is 10. The van der Waals surface area contributed by atoms with Gasteiger partial charge in [0, 0.05) is 33.2 Å². The van der Waals surface area contributed by atoms with Crippen molar-refractivity contribution >= 4 is 6.09 Å². The maximum atomic E-state index is 13.5. The number of amides is 1. The van der Waals surface area contributed by atoms with E-state index in [9.17, 15) is 26.1 Å². The van der Waals surface area contributed by atoms with Gasteiger partial charge in [0.25, 0.3) is 0 Å². The van der Waals surface area contributed by atoms with Crippen LogP contribution in [0.1, 0.15) is 37.3 Å². The third-order valence-electron chi connectivity index (χ3n) is 8.17. The summed E-state index contributed by atoms with van der Waals surface area (Å²) in [4.78, 5) is 23.7. The second kappa shape index (κ2) is 15.1. The molecule has 2 aliphatic rings. The van der Waals surface area contributed by atoms with Crippen molar-refractivity contribution in [2.24, 2.45) is 21.3 Å². The number of nitrogens with zero attached hydrogens (tertiary/aromatic N) is 10. The summed E-state index contributed by atoms with van der Waals surface area (Å²) in [6.45, 7) is 2.15. The molecule has 1 saturated carbocycles. The zero-order valence-electron chi connectivity index (χ0n) is 23.6. The summed E-state index contributed by atoms with van der Waals surface area (Å²) in [5, 5.41) is 33.2. The Morgan fingerprint density at radius 3 is 2.12 bits per heavy atom. The van der Waals surface area contributed by atoms with E-state index in [4.69, 9.17) is 15.0 Å². The highest BCUT2D eigenvalue weighted by Gasteiger charge is 2.51. The summed E-state index contributed by atoms with van der Waals surface area (Å²) in [5.41, 5.74) is 29.1. The molecular formula is C28H34N10O5. The lowest BCUT2D eigenvalue weighted by Crippen LogP contribution is -2.60. The van der Waals surface area contributed by atoms with Gasteiger partial charge in [-0.15, -0.1) is 0 Å². The Labute approximate surface area is 247 Å². The molecule has 1 saturated heterocycles. The van der Waals surface area contributed by atoms with Crippen LogP contribution in [0.3, 0.4) is 0 Å². The number of carbonyl (C=O) groups excluding carboxylic acids is 1. The minimum Gasteiger partial charge on any atom is -0.445 e. The van der Waals surface area contributed by atoms with Crippen molar-refractivity contribution in [3.05, 3.63) is 103 Å². The number of benzene rings is 2. The van der Waals surface area contributed by atoms with E-state index in [-0.39, 0.29) is 19.6 Å². The molecule has 1 aliphatic carbocycles. The summed E-state index contributed by atoms with van der Waals surface area (Å²) < 4.78 is 12.2. The smallest absolute Gasteiger partial charge is 0.410 e. The molecule has 9 atom stereocenters. The molecule has 2 N–H and O–H groups in total. The summed E-state index contributed by atoms with van der Waals surface area (Å²) >= 11 is 0. The number of aliphatic hydroxyl groups excluding tert-OH is 2. The van der Waals surface area contributed by atoms with Gasteiger partial charge in [-0.2, -0.15) is 0 Å². The van der Waals surface area contributed by atoms with Crippen LogP contribution in [-0.4, -0.2) is 69.8 Å². The number of aliphatic hydroxyl groups is 2. The van der Waals surface area contributed by atoms with Gasteiger partial charge in [0.05, 0.1) is 42.5 Å². The van der Waals surface area contributed by atoms with E-state index in [1.165, 1.54) is 0 Å². The molecule has 2 aromatic rings. The fourth-order valence-electron chi connectivity index (χ4n) is 5.92. The van der Waals surface area contributed by atoms with Crippen molar-refractivity contribution in [3.8, 4) is 0 Å². The number of ether oxygens (including phenoxy) is 2. The van der Waals surface area contributed by atoms with Crippen molar-refractivity contribution < 1.29 is 24.5 Å². The SMILES string of the molecule is C[C@H]([C@@H]1CCC(N=[N+]=[N-])[C@@H](C2C(N=[N+]=[N-])CC(N=[N+]=[N-])[C@H](O)[C@H]2O)O1)N(Cc1ccccc1)C(=O)OCc1ccccc1. The van der Waals surface area contributed by atoms with E-state index in [1.54, 1.807) is 4.90 Å². The second-order valence-corrected chi connectivity index (χ2v) is 10.7. The molecule has 2 aromatic carbocycles. The average molecular weight is 591 g/mol. The van der Waals surface area contributed by atoms with Crippen LogP contribution in [0.25, 0.3) is 31.3 Å². The van der Waals surface area contributed by atoms with Crippen LogP contribution in [0.4, 0.5) is 4.79 Å². The van der Waals surface area contributed by atoms with Crippen LogP contribution in [-0.2, 0) is 22.6 Å². The minimum absolute atomic E-state index is 0.0357. The predicted octanol–water partition coefficient (Wildman–Crippen LogP) is 5.54. The van der Waals surface area contributed by atoms with Crippen LogP contribution < -0.4 is 0 Å². The van der Waals surface area contributed by atoms with Crippen LogP contribution >= 0.6 is 0 Å². The molecule has 0 spiro atoms. The molecule has 4 rings (SSSR count). The maximum absolute atomic E-state index is 13.5. The van der Waals surface area contributed by atoms with Gasteiger partial charge in [0.15, 0.2) is 0 Å². The zero-order chi connectivity index (χ0) is 30.8. The van der Waals surface area contributed by atoms with E-state index >= 15 is 0 Å². The molecule has 4 unspecified atom stereocenters. The molecule has 15 heteroatoms. The van der Waals surface area contributed by atoms with Crippen molar-refractivity contribution in [3.63, 3.8) is 0 Å². The lowest BCUT2D eigenvalue weighted by molar-refractivity contribution is -0.163. The average Bonchev–Trinajstić information content (AvgIpc) is 3.03. The molecule has 1 heterocycles. The fraction of sp³-hybridized carbons (Fsp3) is 0.536. The summed E-state index contributed by atoms with van der Waals surface area (Å²) in [5.74, 6) is -0.978. The molecular weight excluding hydrogens is 556 g/mol. The van der Waals surface area contributed by atoms with E-state index in [0.29, 0.717) is 12.8 Å². The molecule has 15 nitrogen and oxygen atoms in total. The van der Waals surface area contributed by atoms with E-state index in [0.717, 1.165) is 11.1 Å². The molecule has 43 heavy (non-hydrogen) atoms. The lowest BCUT2D eigenvalue weighted by Gasteiger charge is -2.48. The predicted molar refractivity (Wildman–Crippen MR) is 155 cm³/mol. The van der Waals surface area contributed by atoms with Gasteiger partial charge < -0.3 is 19.7 Å². The van der Waals surface area contributed by atoms with Gasteiger partial charge in [-0.25, -0.2) is 4.79 Å². The van der Waals surface area contributed by atoms with Crippen molar-refractivity contribution in [2.75, 3.05) is 0 Å². The Morgan fingerprint density at radius 2 is 1.49 bits per heavy atom. The topological polar surface area (TPSA) is 226 Å². The minimum atomic E-state index is -1.51. The van der Waals surface area contributed by atoms with E-state index < -0.39 is 60.6 Å². The van der Waals surface area contributed by atoms with Gasteiger partial charge in [-0.05, 0) is 53.9 Å². The van der Waals surface area contributed by atoms with Gasteiger partial charge >= 0.3 is 6.09 Å². The first-order valence-electron chi connectivity index (χ1n) is 14.0. The quantitative estimate of drug-likeness (QED) is 0.206. The van der Waals surface area contributed by atoms with Crippen molar-refractivity contribution in [2.45, 2.75) is 87.9 Å². The van der Waals surface area contributed by atoms with Crippen LogP contribution in [0.5, 0.6) is 0 Å². The summed E-state index contributed by atoms with van der Waals surface area (Å²) in [6.07, 6.45) is -4.34. The Balaban J connectivity index is 1.61. The third kappa shape index (κ3) is 7.68. The highest BCUT2D eigenvalue weighted by molar-refractivity contribution is 5.68. The standard InChI is InChI=1S/C28H34N10O5/c1-17(38(15-18-8-4-2-5-9-18)28(41)42-16-19-10-6-3-7-11-19)23-13-12-20(32-35-29)27(43-23)24-21(33-36-30)14-22(34-37-31)25(39)26(24)40/h2-11,17,20-27,39-40H,12-16H2,1H3/t17-,20?,21?,22?,23+,24?,25+,26+,27+/m1/s1. The summed E-state index contributed by atoms with van der Waals surface area (Å²) in [6, 6.07) is 15.5. The second-order valence-electron chi connectivity index (χ2n) is 10.7. The first kappa shape index (κ1) is 31.5. The van der Waals surface area contributed by atoms with Crippen LogP contribution in [0, 0.1) is 5.92 Å². The third-order valence-corrected chi connectivity index (χ3v) is 8.17. The zero-order valence-corrected chi connectivity index (χ0v) is 23.6. The highest BCUT2D eigenvalue weighted by atomic mass is 16.6. The molecule has 0 bridgehead atoms. The molecule has 0 radical (unpaired) electrons. The van der Waals surface area contributed by atoms with Crippen LogP contribution in [0.2, 0.25) is 0 Å². The Hall–Kier alpha value is -4.48. The fourth-order valence-corrected chi connectivity index (χ4v) is 5.92. The molecule has 226 valence electrons. The lowest BCUT2D eigenvalue weighted by atomic mass is 9.72. The first-order valence-corrected chi connectivity index (χ1v) is 14.0. The Bertz CT molecular complexity index is 1360. The number of hydrogen-bond donors (Lipinski definition) is 2. The van der Waals surface area contributed by atoms with Gasteiger partial charge in [-0.3, -0.25) is 4.90 Å². The first-order chi connectivity index (χ1) is 20.9. The molecule has 2 fully saturated rings. The number of carbonyl (C=O) groups is 1. The van der Waals surface area contributed by atoms with Gasteiger partial charge in [-0.1, -0.05) is 76.0 Å². The Kier molecular flexibility index (Phi) is 11.1. The van der Waals surface area contributed by atoms with Crippen molar-refractivity contribution in [1.29, 1.82) is 0 Å². The monoisotopic (exact) mass is 590 g/mol. The Morgan fingerprint density at radius 1 is 0.907 bits per heavy atom. The van der Waals surface area contributed by atoms with Crippen LogP contribution in [0.15, 0.2) is 76.0 Å². The number of azide groups is 3. The summed E-state index contributed by atoms with van der Waals surface area (Å²) in [7, 11) is 0. The van der Waals surface area contributed by atoms with Crippen molar-refractivity contribution in [1.82, 2.24) is 4.90 Å². The molecule has 0 aromatic heterocycles. The molecule has 1 aliphatic heterocycles. The normalized spacial score (nSPS) is 29.1. The van der Waals surface area contributed by atoms with E-state index in [2.05, 4.69) is 30.1 Å². The van der Waals surface area contributed by atoms with E-state index in [1.807, 2.05) is 67.6 Å². The maximum Gasteiger partial charge on any atom is 0.410 e. The number of hydrogen-bond acceptors (Lipinski definition) is 8. The molecule has 1 amide bonds. The van der Waals surface area contributed by atoms with Gasteiger partial charge in [0.2, 0.25) is 0 Å².